The van der Waals surface area contributed by atoms with Gasteiger partial charge in [0.05, 0.1) is 13.2 Å². The molecule has 2 N–H and O–H groups in total. The van der Waals surface area contributed by atoms with Gasteiger partial charge in [0, 0.05) is 11.8 Å². The third-order valence-electron chi connectivity index (χ3n) is 3.28. The number of hydrogen-bond donors (Lipinski definition) is 2. The van der Waals surface area contributed by atoms with Crippen LogP contribution in [-0.2, 0) is 19.1 Å². The van der Waals surface area contributed by atoms with Gasteiger partial charge in [0.1, 0.15) is 5.78 Å². The Morgan fingerprint density at radius 3 is 2.48 bits per heavy atom. The van der Waals surface area contributed by atoms with Gasteiger partial charge in [-0.15, -0.1) is 0 Å². The van der Waals surface area contributed by atoms with Gasteiger partial charge < -0.3 is 15.4 Å². The molecule has 1 fully saturated rings. The smallest absolute Gasteiger partial charge is 0.333 e. The van der Waals surface area contributed by atoms with Gasteiger partial charge in [0.15, 0.2) is 16.6 Å². The first-order chi connectivity index (χ1) is 9.58. The van der Waals surface area contributed by atoms with Gasteiger partial charge in [-0.25, -0.2) is 4.79 Å². The summed E-state index contributed by atoms with van der Waals surface area (Å²) < 4.78 is 4.69. The molecule has 1 aliphatic heterocycles. The van der Waals surface area contributed by atoms with Crippen molar-refractivity contribution in [3.63, 3.8) is 0 Å². The molecular formula is C13H17N3O4S. The monoisotopic (exact) mass is 311 g/mol. The average Bonchev–Trinajstić information content (AvgIpc) is 2.35. The van der Waals surface area contributed by atoms with E-state index in [9.17, 15) is 19.6 Å². The number of thiocarbonyl (C=S) groups is 1. The number of ether oxygens (including phenoxy) is 1. The largest absolute Gasteiger partial charge is 0.467 e. The lowest BCUT2D eigenvalue weighted by atomic mass is 9.74. The fourth-order valence-electron chi connectivity index (χ4n) is 1.97. The van der Waals surface area contributed by atoms with Crippen molar-refractivity contribution in [3.05, 3.63) is 0 Å². The summed E-state index contributed by atoms with van der Waals surface area (Å²) in [5.74, 6) is -3.31. The molecule has 1 aliphatic rings. The molecule has 1 amide bonds. The number of Topliss-reactive ketones (excluding diaryl/α,β-unsaturated/α-hetero) is 1. The number of amides is 1. The molecule has 21 heavy (non-hydrogen) atoms. The molecule has 2 atom stereocenters. The maximum absolute atomic E-state index is 12.3. The molecule has 0 bridgehead atoms. The second kappa shape index (κ2) is 5.77. The molecule has 7 nitrogen and oxygen atoms in total. The van der Waals surface area contributed by atoms with E-state index in [0.717, 1.165) is 7.11 Å². The molecule has 1 saturated heterocycles. The standard InChI is InChI=1S/C13H17N3O4S/c1-12(2,3)8(17)5-13(10(19)20-4)7(6-14)9(18)15-11(21)16-13/h7H,5H2,1-4H3,(H2,15,16,18,21)/t7-,13+/m1/s1. The molecule has 0 aliphatic carbocycles. The van der Waals surface area contributed by atoms with Crippen LogP contribution in [0.2, 0.25) is 0 Å². The topological polar surface area (TPSA) is 108 Å². The normalized spacial score (nSPS) is 25.4. The van der Waals surface area contributed by atoms with Crippen molar-refractivity contribution in [2.24, 2.45) is 11.3 Å². The Kier molecular flexibility index (Phi) is 4.69. The summed E-state index contributed by atoms with van der Waals surface area (Å²) in [7, 11) is 1.12. The van der Waals surface area contributed by atoms with Gasteiger partial charge in [0.2, 0.25) is 5.91 Å². The van der Waals surface area contributed by atoms with E-state index in [-0.39, 0.29) is 17.3 Å². The van der Waals surface area contributed by atoms with Crippen LogP contribution in [0.25, 0.3) is 0 Å². The lowest BCUT2D eigenvalue weighted by Gasteiger charge is -2.39. The number of carbonyl (C=O) groups is 3. The second-order valence-electron chi connectivity index (χ2n) is 5.82. The Hall–Kier alpha value is -2.01. The number of carbonyl (C=O) groups excluding carboxylic acids is 3. The summed E-state index contributed by atoms with van der Waals surface area (Å²) in [5, 5.41) is 14.0. The average molecular weight is 311 g/mol. The van der Waals surface area contributed by atoms with Gasteiger partial charge in [-0.05, 0) is 12.2 Å². The highest BCUT2D eigenvalue weighted by molar-refractivity contribution is 7.80. The van der Waals surface area contributed by atoms with Crippen molar-refractivity contribution < 1.29 is 19.1 Å². The number of rotatable bonds is 3. The Labute approximate surface area is 128 Å². The molecule has 1 heterocycles. The predicted molar refractivity (Wildman–Crippen MR) is 76.8 cm³/mol. The van der Waals surface area contributed by atoms with Crippen LogP contribution in [-0.4, -0.2) is 35.4 Å². The highest BCUT2D eigenvalue weighted by Gasteiger charge is 2.56. The van der Waals surface area contributed by atoms with Gasteiger partial charge in [0.25, 0.3) is 0 Å². The van der Waals surface area contributed by atoms with Crippen LogP contribution in [0.15, 0.2) is 0 Å². The minimum Gasteiger partial charge on any atom is -0.467 e. The van der Waals surface area contributed by atoms with Gasteiger partial charge in [-0.1, -0.05) is 20.8 Å². The van der Waals surface area contributed by atoms with Crippen molar-refractivity contribution in [1.82, 2.24) is 10.6 Å². The number of esters is 1. The minimum absolute atomic E-state index is 0.112. The number of nitrogens with one attached hydrogen (secondary N) is 2. The fraction of sp³-hybridized carbons (Fsp3) is 0.615. The third kappa shape index (κ3) is 3.19. The molecule has 1 rings (SSSR count). The molecular weight excluding hydrogens is 294 g/mol. The SMILES string of the molecule is COC(=O)[C@@]1(CC(=O)C(C)(C)C)NC(=S)NC(=O)[C@H]1C#N. The first-order valence-corrected chi connectivity index (χ1v) is 6.63. The van der Waals surface area contributed by atoms with E-state index in [1.807, 2.05) is 0 Å². The fourth-order valence-corrected chi connectivity index (χ4v) is 2.25. The molecule has 0 aromatic rings. The maximum atomic E-state index is 12.3. The van der Waals surface area contributed by atoms with Crippen LogP contribution < -0.4 is 10.6 Å². The molecule has 0 aromatic carbocycles. The number of ketones is 1. The van der Waals surface area contributed by atoms with Gasteiger partial charge in [-0.2, -0.15) is 5.26 Å². The van der Waals surface area contributed by atoms with E-state index in [0.29, 0.717) is 0 Å². The van der Waals surface area contributed by atoms with E-state index in [2.05, 4.69) is 10.6 Å². The summed E-state index contributed by atoms with van der Waals surface area (Å²) >= 11 is 4.87. The van der Waals surface area contributed by atoms with Gasteiger partial charge in [-0.3, -0.25) is 9.59 Å². The molecule has 0 aromatic heterocycles. The zero-order valence-corrected chi connectivity index (χ0v) is 13.1. The number of hydrogen-bond acceptors (Lipinski definition) is 6. The third-order valence-corrected chi connectivity index (χ3v) is 3.49. The van der Waals surface area contributed by atoms with E-state index >= 15 is 0 Å². The molecule has 0 saturated carbocycles. The Balaban J connectivity index is 3.34. The first-order valence-electron chi connectivity index (χ1n) is 6.23. The summed E-state index contributed by atoms with van der Waals surface area (Å²) in [5.41, 5.74) is -2.54. The molecule has 8 heteroatoms. The maximum Gasteiger partial charge on any atom is 0.333 e. The first kappa shape index (κ1) is 17.0. The van der Waals surface area contributed by atoms with Crippen molar-refractivity contribution in [2.75, 3.05) is 7.11 Å². The zero-order valence-electron chi connectivity index (χ0n) is 12.3. The van der Waals surface area contributed by atoms with E-state index in [4.69, 9.17) is 17.0 Å². The lowest BCUT2D eigenvalue weighted by Crippen LogP contribution is -2.70. The van der Waals surface area contributed by atoms with Crippen LogP contribution >= 0.6 is 12.2 Å². The molecule has 0 unspecified atom stereocenters. The Bertz CT molecular complexity index is 547. The quantitative estimate of drug-likeness (QED) is 0.560. The van der Waals surface area contributed by atoms with Crippen LogP contribution in [0.3, 0.4) is 0 Å². The van der Waals surface area contributed by atoms with Crippen molar-refractivity contribution in [2.45, 2.75) is 32.7 Å². The number of nitriles is 1. The van der Waals surface area contributed by atoms with Crippen LogP contribution in [0.4, 0.5) is 0 Å². The van der Waals surface area contributed by atoms with Crippen molar-refractivity contribution in [3.8, 4) is 6.07 Å². The summed E-state index contributed by atoms with van der Waals surface area (Å²) in [6.45, 7) is 5.05. The second-order valence-corrected chi connectivity index (χ2v) is 6.23. The predicted octanol–water partition coefficient (Wildman–Crippen LogP) is 0.0476. The lowest BCUT2D eigenvalue weighted by molar-refractivity contribution is -0.155. The number of nitrogens with zero attached hydrogens (tertiary/aromatic N) is 1. The Morgan fingerprint density at radius 1 is 1.48 bits per heavy atom. The summed E-state index contributed by atoms with van der Waals surface area (Å²) in [6.07, 6.45) is -0.366. The zero-order chi connectivity index (χ0) is 16.4. The van der Waals surface area contributed by atoms with Crippen molar-refractivity contribution >= 4 is 35.0 Å². The molecule has 114 valence electrons. The van der Waals surface area contributed by atoms with E-state index < -0.39 is 28.7 Å². The van der Waals surface area contributed by atoms with E-state index in [1.165, 1.54) is 0 Å². The van der Waals surface area contributed by atoms with E-state index in [1.54, 1.807) is 26.8 Å². The minimum atomic E-state index is -1.80. The number of methoxy groups -OCH3 is 1. The Morgan fingerprint density at radius 2 is 2.05 bits per heavy atom. The van der Waals surface area contributed by atoms with Crippen molar-refractivity contribution in [1.29, 1.82) is 5.26 Å². The molecule has 0 radical (unpaired) electrons. The summed E-state index contributed by atoms with van der Waals surface area (Å²) in [4.78, 5) is 36.4. The highest BCUT2D eigenvalue weighted by atomic mass is 32.1. The van der Waals surface area contributed by atoms with Gasteiger partial charge >= 0.3 is 5.97 Å². The van der Waals surface area contributed by atoms with Crippen LogP contribution in [0, 0.1) is 22.7 Å². The highest BCUT2D eigenvalue weighted by Crippen LogP contribution is 2.30. The summed E-state index contributed by atoms with van der Waals surface area (Å²) in [6, 6.07) is 1.75. The van der Waals surface area contributed by atoms with Crippen LogP contribution in [0.5, 0.6) is 0 Å². The molecule has 0 spiro atoms. The van der Waals surface area contributed by atoms with Crippen LogP contribution in [0.1, 0.15) is 27.2 Å².